The first kappa shape index (κ1) is 8.55. The van der Waals surface area contributed by atoms with Gasteiger partial charge >= 0.3 is 0 Å². The normalized spacial score (nSPS) is 42.5. The maximum Gasteiger partial charge on any atom is 0.00388 e. The lowest BCUT2D eigenvalue weighted by molar-refractivity contribution is 0.128. The number of nitrogens with zero attached hydrogens (tertiary/aromatic N) is 1. The molecule has 0 N–H and O–H groups in total. The zero-order valence-electron chi connectivity index (χ0n) is 8.59. The summed E-state index contributed by atoms with van der Waals surface area (Å²) in [6.45, 7) is 9.84. The van der Waals surface area contributed by atoms with Gasteiger partial charge in [-0.15, -0.1) is 0 Å². The Hall–Kier alpha value is -0.0400. The highest BCUT2D eigenvalue weighted by Gasteiger charge is 2.38. The Kier molecular flexibility index (Phi) is 2.16. The van der Waals surface area contributed by atoms with E-state index in [-0.39, 0.29) is 0 Å². The van der Waals surface area contributed by atoms with Crippen molar-refractivity contribution in [2.75, 3.05) is 13.1 Å². The van der Waals surface area contributed by atoms with E-state index in [2.05, 4.69) is 25.7 Å². The molecule has 0 aromatic rings. The molecule has 1 aliphatic heterocycles. The lowest BCUT2D eigenvalue weighted by atomic mass is 9.95. The van der Waals surface area contributed by atoms with Crippen LogP contribution in [0.25, 0.3) is 0 Å². The Morgan fingerprint density at radius 3 is 2.50 bits per heavy atom. The van der Waals surface area contributed by atoms with Crippen LogP contribution in [0.5, 0.6) is 0 Å². The van der Waals surface area contributed by atoms with Crippen molar-refractivity contribution in [1.29, 1.82) is 0 Å². The quantitative estimate of drug-likeness (QED) is 0.579. The summed E-state index contributed by atoms with van der Waals surface area (Å²) >= 11 is 0. The molecule has 2 aliphatic rings. The van der Waals surface area contributed by atoms with Gasteiger partial charge in [-0.25, -0.2) is 0 Å². The van der Waals surface area contributed by atoms with E-state index >= 15 is 0 Å². The second-order valence-corrected chi connectivity index (χ2v) is 5.12. The largest absolute Gasteiger partial charge is 0.300 e. The lowest BCUT2D eigenvalue weighted by Crippen LogP contribution is -2.41. The summed E-state index contributed by atoms with van der Waals surface area (Å²) in [6, 6.07) is 0.764. The molecule has 0 aromatic carbocycles. The van der Waals surface area contributed by atoms with Crippen LogP contribution in [0.2, 0.25) is 0 Å². The lowest BCUT2D eigenvalue weighted by Gasteiger charge is -2.35. The van der Waals surface area contributed by atoms with Crippen LogP contribution < -0.4 is 0 Å². The topological polar surface area (TPSA) is 3.24 Å². The predicted octanol–water partition coefficient (Wildman–Crippen LogP) is 2.37. The summed E-state index contributed by atoms with van der Waals surface area (Å²) in [4.78, 5) is 2.67. The molecule has 1 aliphatic carbocycles. The smallest absolute Gasteiger partial charge is 0.00388 e. The van der Waals surface area contributed by atoms with E-state index in [0.29, 0.717) is 0 Å². The Morgan fingerprint density at radius 1 is 1.17 bits per heavy atom. The van der Waals surface area contributed by atoms with Crippen molar-refractivity contribution in [1.82, 2.24) is 4.90 Å². The molecule has 1 heteroatoms. The number of piperidine rings is 1. The zero-order valence-corrected chi connectivity index (χ0v) is 8.59. The highest BCUT2D eigenvalue weighted by molar-refractivity contribution is 4.90. The average molecular weight is 167 g/mol. The predicted molar refractivity (Wildman–Crippen MR) is 52.1 cm³/mol. The van der Waals surface area contributed by atoms with Gasteiger partial charge in [-0.1, -0.05) is 6.92 Å². The van der Waals surface area contributed by atoms with Crippen LogP contribution in [-0.4, -0.2) is 24.0 Å². The molecule has 2 bridgehead atoms. The molecular formula is C11H21N. The van der Waals surface area contributed by atoms with Crippen LogP contribution in [0.3, 0.4) is 0 Å². The molecule has 2 rings (SSSR count). The van der Waals surface area contributed by atoms with Gasteiger partial charge in [0.05, 0.1) is 0 Å². The van der Waals surface area contributed by atoms with Gasteiger partial charge in [-0.2, -0.15) is 0 Å². The van der Waals surface area contributed by atoms with Crippen LogP contribution in [-0.2, 0) is 0 Å². The molecule has 0 radical (unpaired) electrons. The van der Waals surface area contributed by atoms with E-state index in [0.717, 1.165) is 23.8 Å². The van der Waals surface area contributed by atoms with Crippen molar-refractivity contribution in [3.63, 3.8) is 0 Å². The van der Waals surface area contributed by atoms with Crippen molar-refractivity contribution in [3.05, 3.63) is 0 Å². The molecule has 0 amide bonds. The van der Waals surface area contributed by atoms with Gasteiger partial charge in [-0.3, -0.25) is 0 Å². The number of likely N-dealkylation sites (tertiary alicyclic amines) is 1. The fraction of sp³-hybridized carbons (Fsp3) is 1.00. The summed E-state index contributed by atoms with van der Waals surface area (Å²) in [6.07, 6.45) is 3.01. The maximum absolute atomic E-state index is 2.67. The molecule has 1 saturated heterocycles. The minimum Gasteiger partial charge on any atom is -0.300 e. The minimum atomic E-state index is 0.764. The molecule has 1 heterocycles. The number of fused-ring (bicyclic) bond motifs is 2. The molecular weight excluding hydrogens is 146 g/mol. The van der Waals surface area contributed by atoms with Crippen molar-refractivity contribution in [2.45, 2.75) is 39.7 Å². The molecule has 1 nitrogen and oxygen atoms in total. The fourth-order valence-corrected chi connectivity index (χ4v) is 3.01. The third-order valence-electron chi connectivity index (χ3n) is 3.84. The van der Waals surface area contributed by atoms with E-state index in [1.54, 1.807) is 0 Å². The first-order valence-electron chi connectivity index (χ1n) is 5.41. The highest BCUT2D eigenvalue weighted by Crippen LogP contribution is 2.41. The second-order valence-electron chi connectivity index (χ2n) is 5.12. The van der Waals surface area contributed by atoms with Gasteiger partial charge in [-0.05, 0) is 44.4 Å². The first-order valence-corrected chi connectivity index (χ1v) is 5.41. The third-order valence-corrected chi connectivity index (χ3v) is 3.84. The van der Waals surface area contributed by atoms with Gasteiger partial charge in [0.25, 0.3) is 0 Å². The molecule has 12 heavy (non-hydrogen) atoms. The molecule has 2 fully saturated rings. The molecule has 0 unspecified atom stereocenters. The van der Waals surface area contributed by atoms with Crippen LogP contribution in [0, 0.1) is 17.8 Å². The summed E-state index contributed by atoms with van der Waals surface area (Å²) < 4.78 is 0. The minimum absolute atomic E-state index is 0.764. The fourth-order valence-electron chi connectivity index (χ4n) is 3.01. The van der Waals surface area contributed by atoms with Crippen LogP contribution in [0.4, 0.5) is 0 Å². The highest BCUT2D eigenvalue weighted by atomic mass is 15.2. The van der Waals surface area contributed by atoms with E-state index in [1.807, 2.05) is 0 Å². The van der Waals surface area contributed by atoms with Crippen molar-refractivity contribution in [2.24, 2.45) is 17.8 Å². The molecule has 0 aromatic heterocycles. The van der Waals surface area contributed by atoms with Gasteiger partial charge in [0.2, 0.25) is 0 Å². The van der Waals surface area contributed by atoms with Crippen molar-refractivity contribution in [3.8, 4) is 0 Å². The zero-order chi connectivity index (χ0) is 8.72. The third kappa shape index (κ3) is 1.39. The van der Waals surface area contributed by atoms with Crippen LogP contribution in [0.15, 0.2) is 0 Å². The number of rotatable bonds is 1. The summed E-state index contributed by atoms with van der Waals surface area (Å²) in [5, 5.41) is 0. The van der Waals surface area contributed by atoms with Crippen molar-refractivity contribution >= 4 is 0 Å². The van der Waals surface area contributed by atoms with Gasteiger partial charge in [0, 0.05) is 19.1 Å². The Morgan fingerprint density at radius 2 is 1.92 bits per heavy atom. The molecule has 0 spiro atoms. The van der Waals surface area contributed by atoms with Gasteiger partial charge < -0.3 is 4.90 Å². The monoisotopic (exact) mass is 167 g/mol. The number of hydrogen-bond donors (Lipinski definition) is 0. The van der Waals surface area contributed by atoms with Crippen LogP contribution >= 0.6 is 0 Å². The van der Waals surface area contributed by atoms with E-state index < -0.39 is 0 Å². The summed E-state index contributed by atoms with van der Waals surface area (Å²) in [5.74, 6) is 3.05. The van der Waals surface area contributed by atoms with E-state index in [9.17, 15) is 0 Å². The van der Waals surface area contributed by atoms with Gasteiger partial charge in [0.1, 0.15) is 0 Å². The Balaban J connectivity index is 2.01. The summed E-state index contributed by atoms with van der Waals surface area (Å²) in [7, 11) is 0. The Labute approximate surface area is 76.1 Å². The molecule has 70 valence electrons. The molecule has 1 saturated carbocycles. The average Bonchev–Trinajstić information content (AvgIpc) is 2.26. The van der Waals surface area contributed by atoms with Gasteiger partial charge in [0.15, 0.2) is 0 Å². The van der Waals surface area contributed by atoms with E-state index in [4.69, 9.17) is 0 Å². The Bertz CT molecular complexity index is 162. The summed E-state index contributed by atoms with van der Waals surface area (Å²) in [5.41, 5.74) is 0. The molecule has 3 atom stereocenters. The number of hydrogen-bond acceptors (Lipinski definition) is 1. The van der Waals surface area contributed by atoms with Crippen molar-refractivity contribution < 1.29 is 0 Å². The standard InChI is InChI=1S/C11H21N/c1-8(2)12-6-10-4-9(3)11(5-10)7-12/h8-11H,4-7H2,1-3H3/t9-,10+,11-/m0/s1. The van der Waals surface area contributed by atoms with Crippen LogP contribution in [0.1, 0.15) is 33.6 Å². The SMILES string of the molecule is CC(C)N1C[C@H]2C[C@@H](C1)[C@@H](C)C2. The first-order chi connectivity index (χ1) is 5.66. The maximum atomic E-state index is 2.67. The second kappa shape index (κ2) is 3.02. The van der Waals surface area contributed by atoms with E-state index in [1.165, 1.54) is 25.9 Å².